The molecule has 0 fully saturated rings. The molecule has 0 aromatic heterocycles. The summed E-state index contributed by atoms with van der Waals surface area (Å²) in [6.07, 6.45) is -7.93. The van der Waals surface area contributed by atoms with Crippen LogP contribution in [0.2, 0.25) is 0 Å². The van der Waals surface area contributed by atoms with Crippen LogP contribution in [-0.2, 0) is 4.79 Å². The number of alkyl halides is 4. The van der Waals surface area contributed by atoms with Gasteiger partial charge in [-0.3, -0.25) is 14.9 Å². The molecule has 0 saturated carbocycles. The second-order valence-electron chi connectivity index (χ2n) is 4.99. The average Bonchev–Trinajstić information content (AvgIpc) is 2.92. The van der Waals surface area contributed by atoms with Gasteiger partial charge >= 0.3 is 0 Å². The molecule has 0 spiro atoms. The van der Waals surface area contributed by atoms with E-state index in [9.17, 15) is 37.6 Å². The van der Waals surface area contributed by atoms with Gasteiger partial charge in [-0.15, -0.1) is 0 Å². The third-order valence-corrected chi connectivity index (χ3v) is 3.28. The minimum Gasteiger partial charge on any atom is -0.484 e. The van der Waals surface area contributed by atoms with Gasteiger partial charge < -0.3 is 9.84 Å². The first-order chi connectivity index (χ1) is 11.6. The van der Waals surface area contributed by atoms with Crippen LogP contribution in [0.25, 0.3) is 0 Å². The van der Waals surface area contributed by atoms with E-state index in [-0.39, 0.29) is 16.4 Å². The van der Waals surface area contributed by atoms with Crippen molar-refractivity contribution < 1.29 is 37.1 Å². The van der Waals surface area contributed by atoms with Crippen molar-refractivity contribution >= 4 is 17.3 Å². The number of hydrogen-bond donors (Lipinski definition) is 1. The van der Waals surface area contributed by atoms with Crippen molar-refractivity contribution in [3.8, 4) is 5.75 Å². The normalized spacial score (nSPS) is 20.1. The Kier molecular flexibility index (Phi) is 5.21. The number of ether oxygens (including phenoxy) is 1. The number of nitro groups is 1. The van der Waals surface area contributed by atoms with Gasteiger partial charge in [0, 0.05) is 18.6 Å². The molecule has 1 aliphatic rings. The van der Waals surface area contributed by atoms with E-state index in [1.54, 1.807) is 0 Å². The molecule has 0 radical (unpaired) electrons. The molecule has 1 aromatic carbocycles. The number of hydrazone groups is 1. The summed E-state index contributed by atoms with van der Waals surface area (Å²) in [7, 11) is 0. The molecule has 0 aliphatic carbocycles. The predicted octanol–water partition coefficient (Wildman–Crippen LogP) is 1.78. The molecule has 1 aromatic rings. The zero-order chi connectivity index (χ0) is 18.8. The summed E-state index contributed by atoms with van der Waals surface area (Å²) in [5.74, 6) is -1.28. The highest BCUT2D eigenvalue weighted by Crippen LogP contribution is 2.33. The average molecular weight is 365 g/mol. The largest absolute Gasteiger partial charge is 0.484 e. The molecule has 0 bridgehead atoms. The molecule has 0 unspecified atom stereocenters. The van der Waals surface area contributed by atoms with Crippen LogP contribution < -0.4 is 4.74 Å². The highest BCUT2D eigenvalue weighted by molar-refractivity contribution is 5.93. The highest BCUT2D eigenvalue weighted by Gasteiger charge is 2.53. The van der Waals surface area contributed by atoms with Crippen LogP contribution in [0.4, 0.5) is 23.2 Å². The van der Waals surface area contributed by atoms with Crippen LogP contribution in [-0.4, -0.2) is 51.8 Å². The molecular weight excluding hydrogens is 354 g/mol. The van der Waals surface area contributed by atoms with Crippen molar-refractivity contribution in [2.45, 2.75) is 25.0 Å². The Morgan fingerprint density at radius 2 is 1.96 bits per heavy atom. The first-order valence-corrected chi connectivity index (χ1v) is 6.71. The maximum atomic E-state index is 13.0. The lowest BCUT2D eigenvalue weighted by Gasteiger charge is -2.29. The van der Waals surface area contributed by atoms with Crippen LogP contribution in [0.5, 0.6) is 5.75 Å². The van der Waals surface area contributed by atoms with Gasteiger partial charge in [0.25, 0.3) is 24.4 Å². The third-order valence-electron chi connectivity index (χ3n) is 3.28. The molecule has 0 saturated heterocycles. The Hall–Kier alpha value is -2.76. The van der Waals surface area contributed by atoms with Crippen LogP contribution >= 0.6 is 0 Å². The van der Waals surface area contributed by atoms with E-state index >= 15 is 0 Å². The molecular formula is C13H11F4N3O5. The number of halogens is 4. The Morgan fingerprint density at radius 3 is 2.44 bits per heavy atom. The van der Waals surface area contributed by atoms with Crippen molar-refractivity contribution in [1.82, 2.24) is 5.01 Å². The number of rotatable bonds is 6. The molecule has 25 heavy (non-hydrogen) atoms. The van der Waals surface area contributed by atoms with Crippen molar-refractivity contribution in [3.63, 3.8) is 0 Å². The van der Waals surface area contributed by atoms with E-state index in [1.165, 1.54) is 0 Å². The van der Waals surface area contributed by atoms with Gasteiger partial charge in [0.15, 0.2) is 6.61 Å². The Morgan fingerprint density at radius 1 is 1.36 bits per heavy atom. The standard InChI is InChI=1S/C13H11F4N3O5/c14-11(15)9-5-13(22,12(16)17)19(18-9)10(21)6-25-8-3-1-7(2-4-8)20(23)24/h1-4,11-12,22H,5-6H2/t13-/m1/s1. The molecule has 1 heterocycles. The van der Waals surface area contributed by atoms with Crippen LogP contribution in [0, 0.1) is 10.1 Å². The van der Waals surface area contributed by atoms with Crippen molar-refractivity contribution in [1.29, 1.82) is 0 Å². The first-order valence-electron chi connectivity index (χ1n) is 6.71. The number of nitro benzene ring substituents is 1. The summed E-state index contributed by atoms with van der Waals surface area (Å²) >= 11 is 0. The minimum atomic E-state index is -3.53. The summed E-state index contributed by atoms with van der Waals surface area (Å²) in [5.41, 5.74) is -4.47. The lowest BCUT2D eigenvalue weighted by molar-refractivity contribution is -0.384. The second-order valence-corrected chi connectivity index (χ2v) is 4.99. The summed E-state index contributed by atoms with van der Waals surface area (Å²) in [5, 5.41) is 23.2. The zero-order valence-corrected chi connectivity index (χ0v) is 12.3. The van der Waals surface area contributed by atoms with Gasteiger partial charge in [0.1, 0.15) is 11.5 Å². The zero-order valence-electron chi connectivity index (χ0n) is 12.3. The van der Waals surface area contributed by atoms with Gasteiger partial charge in [0.05, 0.1) is 4.92 Å². The predicted molar refractivity (Wildman–Crippen MR) is 74.4 cm³/mol. The Labute approximate surface area is 137 Å². The lowest BCUT2D eigenvalue weighted by atomic mass is 10.1. The van der Waals surface area contributed by atoms with Gasteiger partial charge in [0.2, 0.25) is 5.72 Å². The maximum absolute atomic E-state index is 13.0. The number of carbonyl (C=O) groups excluding carboxylic acids is 1. The summed E-state index contributed by atoms with van der Waals surface area (Å²) < 4.78 is 56.2. The topological polar surface area (TPSA) is 105 Å². The maximum Gasteiger partial charge on any atom is 0.287 e. The van der Waals surface area contributed by atoms with E-state index in [2.05, 4.69) is 5.10 Å². The number of amides is 1. The van der Waals surface area contributed by atoms with Gasteiger partial charge in [-0.2, -0.15) is 10.1 Å². The number of carbonyl (C=O) groups is 1. The van der Waals surface area contributed by atoms with Crippen LogP contribution in [0.1, 0.15) is 6.42 Å². The molecule has 1 amide bonds. The van der Waals surface area contributed by atoms with Crippen molar-refractivity contribution in [2.24, 2.45) is 5.10 Å². The molecule has 2 rings (SSSR count). The van der Waals surface area contributed by atoms with Gasteiger partial charge in [-0.05, 0) is 12.1 Å². The fourth-order valence-electron chi connectivity index (χ4n) is 2.02. The summed E-state index contributed by atoms with van der Waals surface area (Å²) in [6, 6.07) is 4.47. The fourth-order valence-corrected chi connectivity index (χ4v) is 2.02. The highest BCUT2D eigenvalue weighted by atomic mass is 19.3. The first kappa shape index (κ1) is 18.6. The van der Waals surface area contributed by atoms with E-state index < -0.39 is 48.1 Å². The van der Waals surface area contributed by atoms with Crippen LogP contribution in [0.3, 0.4) is 0 Å². The number of nitrogens with zero attached hydrogens (tertiary/aromatic N) is 3. The number of hydrogen-bond acceptors (Lipinski definition) is 6. The van der Waals surface area contributed by atoms with Crippen molar-refractivity contribution in [3.05, 3.63) is 34.4 Å². The molecule has 12 heteroatoms. The van der Waals surface area contributed by atoms with Crippen molar-refractivity contribution in [2.75, 3.05) is 6.61 Å². The summed E-state index contributed by atoms with van der Waals surface area (Å²) in [6.45, 7) is -0.896. The van der Waals surface area contributed by atoms with Gasteiger partial charge in [-0.25, -0.2) is 17.6 Å². The minimum absolute atomic E-state index is 0.00297. The monoisotopic (exact) mass is 365 g/mol. The van der Waals surface area contributed by atoms with Crippen LogP contribution in [0.15, 0.2) is 29.4 Å². The quantitative estimate of drug-likeness (QED) is 0.470. The van der Waals surface area contributed by atoms with E-state index in [0.717, 1.165) is 24.3 Å². The van der Waals surface area contributed by atoms with E-state index in [0.29, 0.717) is 0 Å². The third kappa shape index (κ3) is 3.84. The molecule has 1 aliphatic heterocycles. The SMILES string of the molecule is O=C(COc1ccc([N+](=O)[O-])cc1)N1N=C(C(F)F)C[C@@]1(O)C(F)F. The Balaban J connectivity index is 2.08. The number of aliphatic hydroxyl groups is 1. The molecule has 8 nitrogen and oxygen atoms in total. The van der Waals surface area contributed by atoms with Gasteiger partial charge in [-0.1, -0.05) is 0 Å². The fraction of sp³-hybridized carbons (Fsp3) is 0.385. The molecule has 1 atom stereocenters. The van der Waals surface area contributed by atoms with E-state index in [4.69, 9.17) is 4.74 Å². The number of benzene rings is 1. The number of non-ortho nitro benzene ring substituents is 1. The smallest absolute Gasteiger partial charge is 0.287 e. The van der Waals surface area contributed by atoms with E-state index in [1.807, 2.05) is 0 Å². The molecule has 1 N–H and O–H groups in total. The Bertz CT molecular complexity index is 697. The second kappa shape index (κ2) is 7.01. The summed E-state index contributed by atoms with van der Waals surface area (Å²) in [4.78, 5) is 21.8. The lowest BCUT2D eigenvalue weighted by Crippen LogP contribution is -2.52. The molecule has 136 valence electrons.